The lowest BCUT2D eigenvalue weighted by Crippen LogP contribution is -2.24. The normalized spacial score (nSPS) is 11.4. The summed E-state index contributed by atoms with van der Waals surface area (Å²) in [6.07, 6.45) is 10.7. The molecule has 0 saturated heterocycles. The second-order valence-corrected chi connectivity index (χ2v) is 7.82. The Labute approximate surface area is 170 Å². The molecule has 0 aliphatic heterocycles. The first kappa shape index (κ1) is 21.8. The molecule has 0 bridgehead atoms. The molecule has 2 nitrogen and oxygen atoms in total. The Kier molecular flexibility index (Phi) is 7.92. The molecule has 0 aliphatic rings. The minimum absolute atomic E-state index is 0.193. The number of benzene rings is 2. The summed E-state index contributed by atoms with van der Waals surface area (Å²) in [5, 5.41) is 20.4. The van der Waals surface area contributed by atoms with Crippen LogP contribution < -0.4 is 0 Å². The van der Waals surface area contributed by atoms with E-state index < -0.39 is 0 Å². The highest BCUT2D eigenvalue weighted by Gasteiger charge is 2.29. The molecule has 2 rings (SSSR count). The number of unbranched alkanes of at least 4 members (excludes halogenated alkanes) is 3. The summed E-state index contributed by atoms with van der Waals surface area (Å²) < 4.78 is 0. The molecule has 2 aromatic carbocycles. The number of aromatic hydroxyl groups is 2. The predicted octanol–water partition coefficient (Wildman–Crippen LogP) is 6.83. The molecule has 0 fully saturated rings. The summed E-state index contributed by atoms with van der Waals surface area (Å²) in [7, 11) is 0. The van der Waals surface area contributed by atoms with Crippen LogP contribution in [0.1, 0.15) is 68.2 Å². The summed E-state index contributed by atoms with van der Waals surface area (Å²) >= 11 is 0. The molecule has 0 amide bonds. The summed E-state index contributed by atoms with van der Waals surface area (Å²) in [4.78, 5) is 0. The molecular weight excluding hydrogens is 344 g/mol. The lowest BCUT2D eigenvalue weighted by molar-refractivity contribution is 0.457. The Hall–Kier alpha value is -2.48. The highest BCUT2D eigenvalue weighted by Crippen LogP contribution is 2.40. The van der Waals surface area contributed by atoms with Crippen molar-refractivity contribution in [3.8, 4) is 11.5 Å². The third-order valence-electron chi connectivity index (χ3n) is 5.69. The first-order valence-corrected chi connectivity index (χ1v) is 10.3. The van der Waals surface area contributed by atoms with Gasteiger partial charge in [0.05, 0.1) is 0 Å². The van der Waals surface area contributed by atoms with Crippen molar-refractivity contribution in [3.05, 3.63) is 84.0 Å². The molecular formula is C26H34O2. The lowest BCUT2D eigenvalue weighted by atomic mass is 9.71. The quantitative estimate of drug-likeness (QED) is 0.332. The van der Waals surface area contributed by atoms with E-state index in [1.54, 1.807) is 12.1 Å². The van der Waals surface area contributed by atoms with Crippen LogP contribution in [0, 0.1) is 0 Å². The summed E-state index contributed by atoms with van der Waals surface area (Å²) in [5.74, 6) is 0.630. The fraction of sp³-hybridized carbons (Fsp3) is 0.385. The highest BCUT2D eigenvalue weighted by molar-refractivity contribution is 5.48. The van der Waals surface area contributed by atoms with Crippen LogP contribution in [-0.2, 0) is 18.3 Å². The van der Waals surface area contributed by atoms with Gasteiger partial charge >= 0.3 is 0 Å². The number of phenolic OH excluding ortho intramolecular Hbond substituents is 2. The van der Waals surface area contributed by atoms with Crippen LogP contribution in [0.25, 0.3) is 0 Å². The maximum atomic E-state index is 10.2. The van der Waals surface area contributed by atoms with E-state index in [-0.39, 0.29) is 5.41 Å². The second-order valence-electron chi connectivity index (χ2n) is 7.82. The van der Waals surface area contributed by atoms with Gasteiger partial charge in [0.2, 0.25) is 0 Å². The fourth-order valence-corrected chi connectivity index (χ4v) is 3.86. The molecule has 0 saturated carbocycles. The van der Waals surface area contributed by atoms with Crippen LogP contribution in [0.4, 0.5) is 0 Å². The van der Waals surface area contributed by atoms with Crippen LogP contribution >= 0.6 is 0 Å². The summed E-state index contributed by atoms with van der Waals surface area (Å²) in [6, 6.07) is 11.9. The van der Waals surface area contributed by atoms with Gasteiger partial charge in [-0.15, -0.1) is 13.2 Å². The molecule has 0 spiro atoms. The molecule has 150 valence electrons. The topological polar surface area (TPSA) is 40.5 Å². The molecule has 2 aromatic rings. The summed E-state index contributed by atoms with van der Waals surface area (Å²) in [6.45, 7) is 12.1. The first-order valence-electron chi connectivity index (χ1n) is 10.3. The zero-order valence-corrected chi connectivity index (χ0v) is 17.4. The fourth-order valence-electron chi connectivity index (χ4n) is 3.86. The smallest absolute Gasteiger partial charge is 0.119 e. The van der Waals surface area contributed by atoms with Crippen molar-refractivity contribution in [2.75, 3.05) is 0 Å². The highest BCUT2D eigenvalue weighted by atomic mass is 16.3. The average molecular weight is 379 g/mol. The molecule has 0 aliphatic carbocycles. The van der Waals surface area contributed by atoms with Gasteiger partial charge in [-0.25, -0.2) is 0 Å². The Bertz CT molecular complexity index is 745. The molecule has 0 radical (unpaired) electrons. The molecule has 28 heavy (non-hydrogen) atoms. The van der Waals surface area contributed by atoms with Gasteiger partial charge in [0.1, 0.15) is 11.5 Å². The Morgan fingerprint density at radius 2 is 1.32 bits per heavy atom. The van der Waals surface area contributed by atoms with Crippen LogP contribution in [0.5, 0.6) is 11.5 Å². The minimum Gasteiger partial charge on any atom is -0.508 e. The van der Waals surface area contributed by atoms with Crippen molar-refractivity contribution in [1.29, 1.82) is 0 Å². The number of hydrogen-bond acceptors (Lipinski definition) is 2. The van der Waals surface area contributed by atoms with Crippen molar-refractivity contribution in [3.63, 3.8) is 0 Å². The molecule has 2 heteroatoms. The first-order chi connectivity index (χ1) is 13.5. The van der Waals surface area contributed by atoms with E-state index in [1.165, 1.54) is 30.4 Å². The number of rotatable bonds is 11. The van der Waals surface area contributed by atoms with Crippen LogP contribution in [0.15, 0.2) is 61.7 Å². The Balaban J connectivity index is 2.51. The maximum absolute atomic E-state index is 10.2. The molecule has 0 unspecified atom stereocenters. The Morgan fingerprint density at radius 1 is 0.821 bits per heavy atom. The predicted molar refractivity (Wildman–Crippen MR) is 119 cm³/mol. The van der Waals surface area contributed by atoms with Crippen LogP contribution in [0.3, 0.4) is 0 Å². The van der Waals surface area contributed by atoms with Crippen molar-refractivity contribution in [1.82, 2.24) is 0 Å². The van der Waals surface area contributed by atoms with Gasteiger partial charge in [-0.3, -0.25) is 0 Å². The number of phenols is 2. The molecule has 2 N–H and O–H groups in total. The SMILES string of the molecule is C=CCc1cc(C(C)(CCCCCC)c2ccc(O)c(CC=C)c2)ccc1O. The largest absolute Gasteiger partial charge is 0.508 e. The van der Waals surface area contributed by atoms with Gasteiger partial charge in [-0.1, -0.05) is 75.9 Å². The standard InChI is InChI=1S/C26H34O2/c1-5-8-9-10-17-26(4,22-13-15-24(27)20(18-22)11-6-2)23-14-16-25(28)21(19-23)12-7-3/h6-7,13-16,18-19,27-28H,2-3,5,8-12,17H2,1,4H3. The van der Waals surface area contributed by atoms with E-state index in [9.17, 15) is 10.2 Å². The van der Waals surface area contributed by atoms with Gasteiger partial charge < -0.3 is 10.2 Å². The van der Waals surface area contributed by atoms with Crippen LogP contribution in [0.2, 0.25) is 0 Å². The van der Waals surface area contributed by atoms with Crippen molar-refractivity contribution in [2.24, 2.45) is 0 Å². The average Bonchev–Trinajstić information content (AvgIpc) is 2.69. The van der Waals surface area contributed by atoms with Gasteiger partial charge in [0.25, 0.3) is 0 Å². The summed E-state index contributed by atoms with van der Waals surface area (Å²) in [5.41, 5.74) is 3.98. The molecule has 0 aromatic heterocycles. The van der Waals surface area contributed by atoms with E-state index in [1.807, 2.05) is 24.3 Å². The lowest BCUT2D eigenvalue weighted by Gasteiger charge is -2.32. The van der Waals surface area contributed by atoms with Gasteiger partial charge in [-0.05, 0) is 53.6 Å². The van der Waals surface area contributed by atoms with E-state index >= 15 is 0 Å². The van der Waals surface area contributed by atoms with Crippen molar-refractivity contribution < 1.29 is 10.2 Å². The molecule has 0 atom stereocenters. The van der Waals surface area contributed by atoms with Crippen molar-refractivity contribution >= 4 is 0 Å². The van der Waals surface area contributed by atoms with E-state index in [4.69, 9.17) is 0 Å². The molecule has 0 heterocycles. The third-order valence-corrected chi connectivity index (χ3v) is 5.69. The van der Waals surface area contributed by atoms with Gasteiger partial charge in [0, 0.05) is 5.41 Å². The zero-order chi connectivity index (χ0) is 20.6. The monoisotopic (exact) mass is 378 g/mol. The third kappa shape index (κ3) is 5.07. The van der Waals surface area contributed by atoms with Crippen molar-refractivity contribution in [2.45, 2.75) is 64.2 Å². The van der Waals surface area contributed by atoms with Gasteiger partial charge in [-0.2, -0.15) is 0 Å². The minimum atomic E-state index is -0.193. The maximum Gasteiger partial charge on any atom is 0.119 e. The van der Waals surface area contributed by atoms with E-state index in [0.717, 1.165) is 24.0 Å². The second kappa shape index (κ2) is 10.2. The zero-order valence-electron chi connectivity index (χ0n) is 17.4. The van der Waals surface area contributed by atoms with E-state index in [0.29, 0.717) is 24.3 Å². The van der Waals surface area contributed by atoms with Gasteiger partial charge in [0.15, 0.2) is 0 Å². The number of allylic oxidation sites excluding steroid dienone is 2. The Morgan fingerprint density at radius 3 is 1.75 bits per heavy atom. The van der Waals surface area contributed by atoms with Crippen LogP contribution in [-0.4, -0.2) is 10.2 Å². The number of hydrogen-bond donors (Lipinski definition) is 2. The van der Waals surface area contributed by atoms with E-state index in [2.05, 4.69) is 39.1 Å².